The van der Waals surface area contributed by atoms with Crippen molar-refractivity contribution < 1.29 is 81.8 Å². The van der Waals surface area contributed by atoms with E-state index in [0.717, 1.165) is 45.1 Å². The van der Waals surface area contributed by atoms with E-state index in [2.05, 4.69) is 225 Å². The van der Waals surface area contributed by atoms with Crippen LogP contribution in [0.1, 0.15) is 67.2 Å². The van der Waals surface area contributed by atoms with Gasteiger partial charge in [0.15, 0.2) is 5.95 Å². The number of anilines is 2. The second-order valence-electron chi connectivity index (χ2n) is 27.4. The van der Waals surface area contributed by atoms with Crippen molar-refractivity contribution in [3.05, 3.63) is 458 Å². The maximum Gasteiger partial charge on any atom is 0.172 e. The quantitative estimate of drug-likeness (QED) is 0.0911. The van der Waals surface area contributed by atoms with Crippen LogP contribution < -0.4 is 29.0 Å². The molecular formula is C96H67N10O4Pt3S-9. The van der Waals surface area contributed by atoms with Crippen molar-refractivity contribution in [3.8, 4) is 67.4 Å². The summed E-state index contributed by atoms with van der Waals surface area (Å²) in [5.41, 5.74) is 20.1. The molecule has 0 unspecified atom stereocenters. The summed E-state index contributed by atoms with van der Waals surface area (Å²) in [6, 6.07) is 107. The van der Waals surface area contributed by atoms with Crippen LogP contribution in [0.4, 0.5) is 11.4 Å². The number of nitrogens with zero attached hydrogens (tertiary/aromatic N) is 10. The summed E-state index contributed by atoms with van der Waals surface area (Å²) in [5, 5.41) is 4.66. The molecule has 21 rings (SSSR count). The van der Waals surface area contributed by atoms with Gasteiger partial charge in [-0.05, 0) is 168 Å². The Morgan fingerprint density at radius 3 is 1.11 bits per heavy atom. The molecule has 0 bridgehead atoms. The van der Waals surface area contributed by atoms with Crippen molar-refractivity contribution in [3.63, 3.8) is 0 Å². The van der Waals surface area contributed by atoms with E-state index >= 15 is 0 Å². The summed E-state index contributed by atoms with van der Waals surface area (Å²) in [4.78, 5) is 24.5. The average molecular weight is 2040 g/mol. The molecular weight excluding hydrogens is 1970 g/mol. The molecule has 570 valence electrons. The molecule has 15 aromatic rings. The van der Waals surface area contributed by atoms with Crippen LogP contribution in [-0.2, 0) is 79.4 Å². The van der Waals surface area contributed by atoms with Crippen molar-refractivity contribution >= 4 is 22.7 Å². The maximum atomic E-state index is 6.31. The zero-order chi connectivity index (χ0) is 74.5. The SMILES string of the molecule is CN1C=CN(c2[c-]c(Oc3[c-]c(C4(c5ccccn5)c5ccccc5-c5ccccc54)ccc3)oc2)[CH-]1.CN1C=CN(c2[c-]c(Oc3[c-]c(C4(c5ccccn5)c5ccccc5-c5ccccc54)ccc3)sc2)[CH-]1.CN1C=CN(n2[c-]c(Oc3[c-]c(C4(c5ccccn5)c5ccccc5-c5ccccc54)ccc3)cc2)[CH-]1.[Pt].[Pt].[Pt]. The minimum atomic E-state index is -0.633. The number of thiophene rings is 1. The van der Waals surface area contributed by atoms with Gasteiger partial charge in [-0.25, -0.2) is 11.3 Å². The molecule has 0 radical (unpaired) electrons. The van der Waals surface area contributed by atoms with Crippen LogP contribution in [0, 0.1) is 56.5 Å². The van der Waals surface area contributed by atoms with E-state index in [-0.39, 0.29) is 69.1 Å². The van der Waals surface area contributed by atoms with Gasteiger partial charge in [0.1, 0.15) is 0 Å². The van der Waals surface area contributed by atoms with Crippen LogP contribution in [0.5, 0.6) is 34.0 Å². The van der Waals surface area contributed by atoms with Crippen LogP contribution in [0.2, 0.25) is 0 Å². The Morgan fingerprint density at radius 1 is 0.351 bits per heavy atom. The van der Waals surface area contributed by atoms with Gasteiger partial charge in [0.05, 0.1) is 38.4 Å². The molecule has 0 spiro atoms. The standard InChI is InChI=1S/C32H23N4O.C32H22N3O2.C32H22N3OS.3Pt/c1-34-19-20-36(23-34)35-18-16-26(22-35)37-25-10-8-9-24(21-25)32(31-15-6-7-17-33-31)29-13-4-2-11-27(29)28-12-3-5-14-30(28)32;1-34-17-18-35(22-34)24-20-31(36-21-24)37-25-10-8-9-23(19-25)32(30-15-6-7-16-33-30)28-13-4-2-11-26(28)27-12-3-5-14-29(27)32;1-34-17-18-35(22-34)24-20-31(37-21-24)36-25-10-8-9-23(19-25)32(30-15-6-7-16-33-30)28-13-4-2-11-26(28)27-12-3-5-14-29(27)32;;;/h2-20,23H,1H3;2*2-18,21-22H,1H3;;;/q3*-3;;;. The largest absolute Gasteiger partial charge is 0.540 e. The molecule has 3 aliphatic heterocycles. The van der Waals surface area contributed by atoms with Gasteiger partial charge in [-0.15, -0.1) is 88.8 Å². The molecule has 0 saturated carbocycles. The van der Waals surface area contributed by atoms with Gasteiger partial charge >= 0.3 is 0 Å². The molecule has 114 heavy (non-hydrogen) atoms. The number of fused-ring (bicyclic) bond motifs is 9. The predicted molar refractivity (Wildman–Crippen MR) is 432 cm³/mol. The van der Waals surface area contributed by atoms with Gasteiger partial charge < -0.3 is 52.8 Å². The van der Waals surface area contributed by atoms with Gasteiger partial charge in [-0.2, -0.15) is 61.9 Å². The molecule has 14 nitrogen and oxygen atoms in total. The molecule has 0 fully saturated rings. The van der Waals surface area contributed by atoms with Gasteiger partial charge in [0, 0.05) is 111 Å². The summed E-state index contributed by atoms with van der Waals surface area (Å²) in [6.07, 6.45) is 24.2. The molecule has 3 aliphatic carbocycles. The number of rotatable bonds is 15. The number of aromatic nitrogens is 4. The number of hydrogen-bond acceptors (Lipinski definition) is 14. The summed E-state index contributed by atoms with van der Waals surface area (Å²) >= 11 is 1.52. The molecule has 0 amide bonds. The third kappa shape index (κ3) is 13.5. The van der Waals surface area contributed by atoms with E-state index in [1.807, 2.05) is 215 Å². The molecule has 6 aliphatic rings. The summed E-state index contributed by atoms with van der Waals surface area (Å²) in [7, 11) is 5.94. The molecule has 0 N–H and O–H groups in total. The van der Waals surface area contributed by atoms with E-state index in [1.165, 1.54) is 78.1 Å². The average Bonchev–Trinajstić information content (AvgIpc) is 1.55. The van der Waals surface area contributed by atoms with Crippen LogP contribution in [-0.4, -0.2) is 55.5 Å². The Labute approximate surface area is 710 Å². The topological polar surface area (TPSA) is 104 Å². The van der Waals surface area contributed by atoms with Crippen LogP contribution in [0.3, 0.4) is 0 Å². The number of hydrogen-bond donors (Lipinski definition) is 0. The van der Waals surface area contributed by atoms with E-state index < -0.39 is 16.2 Å². The van der Waals surface area contributed by atoms with E-state index in [0.29, 0.717) is 28.1 Å². The second kappa shape index (κ2) is 32.3. The first-order valence-corrected chi connectivity index (χ1v) is 37.3. The Kier molecular flexibility index (Phi) is 21.6. The van der Waals surface area contributed by atoms with Crippen molar-refractivity contribution in [2.24, 2.45) is 0 Å². The molecule has 0 saturated heterocycles. The molecule has 0 atom stereocenters. The zero-order valence-corrected chi connectivity index (χ0v) is 69.1. The number of furan rings is 1. The first kappa shape index (κ1) is 76.2. The number of benzene rings is 9. The number of ether oxygens (including phenoxy) is 3. The summed E-state index contributed by atoms with van der Waals surface area (Å²) in [5.74, 6) is 2.71. The van der Waals surface area contributed by atoms with Gasteiger partial charge in [0.2, 0.25) is 0 Å². The second-order valence-corrected chi connectivity index (χ2v) is 28.2. The molecule has 9 aromatic carbocycles. The predicted octanol–water partition coefficient (Wildman–Crippen LogP) is 20.1. The molecule has 18 heteroatoms. The van der Waals surface area contributed by atoms with Gasteiger partial charge in [-0.3, -0.25) is 15.0 Å². The summed E-state index contributed by atoms with van der Waals surface area (Å²) < 4.78 is 26.2. The Bertz CT molecular complexity index is 5330. The van der Waals surface area contributed by atoms with Crippen molar-refractivity contribution in [2.75, 3.05) is 36.0 Å². The van der Waals surface area contributed by atoms with Crippen LogP contribution in [0.25, 0.3) is 33.4 Å². The van der Waals surface area contributed by atoms with E-state index in [4.69, 9.17) is 33.6 Å². The van der Waals surface area contributed by atoms with Gasteiger partial charge in [-0.1, -0.05) is 164 Å². The van der Waals surface area contributed by atoms with Crippen LogP contribution in [0.15, 0.2) is 339 Å². The van der Waals surface area contributed by atoms with Crippen molar-refractivity contribution in [1.82, 2.24) is 34.3 Å². The Morgan fingerprint density at radius 2 is 0.728 bits per heavy atom. The van der Waals surface area contributed by atoms with Gasteiger partial charge in [0.25, 0.3) is 0 Å². The smallest absolute Gasteiger partial charge is 0.172 e. The molecule has 9 heterocycles. The summed E-state index contributed by atoms with van der Waals surface area (Å²) in [6.45, 7) is 5.89. The monoisotopic (exact) mass is 2040 g/mol. The third-order valence-corrected chi connectivity index (χ3v) is 21.6. The third-order valence-electron chi connectivity index (χ3n) is 20.9. The minimum Gasteiger partial charge on any atom is -0.540 e. The van der Waals surface area contributed by atoms with Crippen molar-refractivity contribution in [1.29, 1.82) is 0 Å². The Balaban J connectivity index is 0.000000127. The minimum absolute atomic E-state index is 0. The molecule has 6 aromatic heterocycles. The van der Waals surface area contributed by atoms with E-state index in [1.54, 1.807) is 6.26 Å². The van der Waals surface area contributed by atoms with Crippen molar-refractivity contribution in [2.45, 2.75) is 16.2 Å². The first-order chi connectivity index (χ1) is 54.7. The Hall–Kier alpha value is -11.8. The van der Waals surface area contributed by atoms with Crippen LogP contribution >= 0.6 is 11.3 Å². The normalized spacial score (nSPS) is 14.7. The zero-order valence-electron chi connectivity index (χ0n) is 61.4. The fraction of sp³-hybridized carbons (Fsp3) is 0.0625. The maximum absolute atomic E-state index is 6.31. The first-order valence-electron chi connectivity index (χ1n) is 36.4. The fourth-order valence-corrected chi connectivity index (χ4v) is 16.9. The number of pyridine rings is 3. The van der Waals surface area contributed by atoms with E-state index in [9.17, 15) is 0 Å². The fourth-order valence-electron chi connectivity index (χ4n) is 16.2.